The molecule has 0 atom stereocenters. The van der Waals surface area contributed by atoms with Gasteiger partial charge in [0.05, 0.1) is 5.60 Å². The lowest BCUT2D eigenvalue weighted by atomic mass is 9.87. The number of anilines is 1. The summed E-state index contributed by atoms with van der Waals surface area (Å²) in [6, 6.07) is 13.2. The van der Waals surface area contributed by atoms with Gasteiger partial charge in [0, 0.05) is 23.4 Å². The Morgan fingerprint density at radius 1 is 1.04 bits per heavy atom. The molecule has 0 radical (unpaired) electrons. The van der Waals surface area contributed by atoms with Crippen molar-refractivity contribution in [1.29, 1.82) is 0 Å². The molecule has 0 fully saturated rings. The van der Waals surface area contributed by atoms with Crippen molar-refractivity contribution in [2.45, 2.75) is 52.2 Å². The molecule has 2 aromatic rings. The lowest BCUT2D eigenvalue weighted by Crippen LogP contribution is -2.24. The third kappa shape index (κ3) is 4.83. The molecule has 0 aliphatic carbocycles. The lowest BCUT2D eigenvalue weighted by molar-refractivity contribution is 0.0792. The van der Waals surface area contributed by atoms with Crippen molar-refractivity contribution in [3.8, 4) is 0 Å². The molecule has 0 unspecified atom stereocenters. The molecule has 2 rings (SSSR count). The molecule has 25 heavy (non-hydrogen) atoms. The highest BCUT2D eigenvalue weighted by atomic mass is 16.3. The van der Waals surface area contributed by atoms with E-state index in [4.69, 9.17) is 5.73 Å². The molecule has 4 N–H and O–H groups in total. The van der Waals surface area contributed by atoms with Crippen LogP contribution < -0.4 is 11.1 Å². The number of nitrogens with one attached hydrogen (secondary N) is 1. The standard InChI is InChI=1S/C21H28N2O2/c1-20(2,3)16-9-6-14(7-10-16)13-23-19(24)15-8-11-18(22)17(12-15)21(4,5)25/h6-12,25H,13,22H2,1-5H3,(H,23,24). The number of amides is 1. The van der Waals surface area contributed by atoms with Crippen molar-refractivity contribution < 1.29 is 9.90 Å². The maximum atomic E-state index is 12.4. The first-order valence-corrected chi connectivity index (χ1v) is 8.48. The summed E-state index contributed by atoms with van der Waals surface area (Å²) in [5.74, 6) is -0.189. The molecule has 1 amide bonds. The van der Waals surface area contributed by atoms with Gasteiger partial charge in [-0.25, -0.2) is 0 Å². The van der Waals surface area contributed by atoms with Gasteiger partial charge in [-0.15, -0.1) is 0 Å². The maximum absolute atomic E-state index is 12.4. The van der Waals surface area contributed by atoms with Crippen molar-refractivity contribution in [2.24, 2.45) is 0 Å². The Labute approximate surface area is 150 Å². The fourth-order valence-corrected chi connectivity index (χ4v) is 2.63. The number of aliphatic hydroxyl groups is 1. The minimum absolute atomic E-state index is 0.110. The number of benzene rings is 2. The van der Waals surface area contributed by atoms with Gasteiger partial charge in [0.2, 0.25) is 0 Å². The highest BCUT2D eigenvalue weighted by Gasteiger charge is 2.21. The van der Waals surface area contributed by atoms with Crippen LogP contribution in [0.25, 0.3) is 0 Å². The summed E-state index contributed by atoms with van der Waals surface area (Å²) in [7, 11) is 0. The quantitative estimate of drug-likeness (QED) is 0.743. The number of carbonyl (C=O) groups is 1. The molecule has 0 spiro atoms. The third-order valence-electron chi connectivity index (χ3n) is 4.25. The minimum atomic E-state index is -1.09. The van der Waals surface area contributed by atoms with Gasteiger partial charge >= 0.3 is 0 Å². The normalized spacial score (nSPS) is 12.1. The summed E-state index contributed by atoms with van der Waals surface area (Å²) < 4.78 is 0. The van der Waals surface area contributed by atoms with E-state index < -0.39 is 5.60 Å². The molecule has 0 aliphatic heterocycles. The zero-order chi connectivity index (χ0) is 18.8. The van der Waals surface area contributed by atoms with Crippen LogP contribution in [0.3, 0.4) is 0 Å². The number of carbonyl (C=O) groups excluding carboxylic acids is 1. The van der Waals surface area contributed by atoms with Crippen molar-refractivity contribution >= 4 is 11.6 Å². The van der Waals surface area contributed by atoms with E-state index in [1.54, 1.807) is 32.0 Å². The van der Waals surface area contributed by atoms with E-state index in [1.165, 1.54) is 5.56 Å². The molecule has 4 nitrogen and oxygen atoms in total. The first kappa shape index (κ1) is 19.0. The molecule has 2 aromatic carbocycles. The van der Waals surface area contributed by atoms with Crippen molar-refractivity contribution in [1.82, 2.24) is 5.32 Å². The molecule has 134 valence electrons. The lowest BCUT2D eigenvalue weighted by Gasteiger charge is -2.21. The van der Waals surface area contributed by atoms with E-state index in [0.29, 0.717) is 23.4 Å². The Morgan fingerprint density at radius 2 is 1.64 bits per heavy atom. The SMILES string of the molecule is CC(C)(C)c1ccc(CNC(=O)c2ccc(N)c(C(C)(C)O)c2)cc1. The molecule has 4 heteroatoms. The molecule has 0 aromatic heterocycles. The van der Waals surface area contributed by atoms with Gasteiger partial charge < -0.3 is 16.2 Å². The molecule has 0 heterocycles. The molecule has 0 bridgehead atoms. The van der Waals surface area contributed by atoms with Crippen molar-refractivity contribution in [2.75, 3.05) is 5.73 Å². The largest absolute Gasteiger partial charge is 0.398 e. The van der Waals surface area contributed by atoms with Crippen LogP contribution in [0.1, 0.15) is 61.7 Å². The first-order chi connectivity index (χ1) is 11.5. The Kier molecular flexibility index (Phi) is 5.23. The first-order valence-electron chi connectivity index (χ1n) is 8.48. The number of nitrogens with two attached hydrogens (primary N) is 1. The van der Waals surface area contributed by atoms with Gasteiger partial charge in [-0.2, -0.15) is 0 Å². The van der Waals surface area contributed by atoms with E-state index in [1.807, 2.05) is 12.1 Å². The molecule has 0 aliphatic rings. The molecule has 0 saturated heterocycles. The van der Waals surface area contributed by atoms with Crippen LogP contribution in [-0.4, -0.2) is 11.0 Å². The van der Waals surface area contributed by atoms with E-state index in [0.717, 1.165) is 5.56 Å². The Hall–Kier alpha value is -2.33. The Bertz CT molecular complexity index is 751. The van der Waals surface area contributed by atoms with Crippen LogP contribution in [0.4, 0.5) is 5.69 Å². The zero-order valence-corrected chi connectivity index (χ0v) is 15.7. The maximum Gasteiger partial charge on any atom is 0.251 e. The van der Waals surface area contributed by atoms with Gasteiger partial charge in [0.15, 0.2) is 0 Å². The summed E-state index contributed by atoms with van der Waals surface area (Å²) in [6.07, 6.45) is 0. The van der Waals surface area contributed by atoms with Crippen LogP contribution in [0.5, 0.6) is 0 Å². The van der Waals surface area contributed by atoms with Crippen molar-refractivity contribution in [3.05, 3.63) is 64.7 Å². The Morgan fingerprint density at radius 3 is 2.16 bits per heavy atom. The van der Waals surface area contributed by atoms with Crippen LogP contribution in [0.15, 0.2) is 42.5 Å². The Balaban J connectivity index is 2.08. The van der Waals surface area contributed by atoms with Gasteiger partial charge in [0.1, 0.15) is 0 Å². The average Bonchev–Trinajstić information content (AvgIpc) is 2.51. The topological polar surface area (TPSA) is 75.4 Å². The van der Waals surface area contributed by atoms with Crippen LogP contribution in [0.2, 0.25) is 0 Å². The van der Waals surface area contributed by atoms with E-state index in [9.17, 15) is 9.90 Å². The van der Waals surface area contributed by atoms with E-state index in [2.05, 4.69) is 38.2 Å². The molecule has 0 saturated carbocycles. The smallest absolute Gasteiger partial charge is 0.251 e. The third-order valence-corrected chi connectivity index (χ3v) is 4.25. The summed E-state index contributed by atoms with van der Waals surface area (Å²) in [4.78, 5) is 12.4. The molecular weight excluding hydrogens is 312 g/mol. The second kappa shape index (κ2) is 6.89. The fourth-order valence-electron chi connectivity index (χ4n) is 2.63. The van der Waals surface area contributed by atoms with Crippen LogP contribution in [-0.2, 0) is 17.6 Å². The van der Waals surface area contributed by atoms with Gasteiger partial charge in [-0.05, 0) is 48.6 Å². The fraction of sp³-hybridized carbons (Fsp3) is 0.381. The number of hydrogen-bond donors (Lipinski definition) is 3. The van der Waals surface area contributed by atoms with Crippen LogP contribution in [0, 0.1) is 0 Å². The zero-order valence-electron chi connectivity index (χ0n) is 15.7. The average molecular weight is 340 g/mol. The second-order valence-electron chi connectivity index (χ2n) is 7.99. The highest BCUT2D eigenvalue weighted by molar-refractivity contribution is 5.94. The summed E-state index contributed by atoms with van der Waals surface area (Å²) in [6.45, 7) is 10.3. The van der Waals surface area contributed by atoms with Crippen LogP contribution >= 0.6 is 0 Å². The predicted octanol–water partition coefficient (Wildman–Crippen LogP) is 3.72. The number of nitrogen functional groups attached to an aromatic ring is 1. The highest BCUT2D eigenvalue weighted by Crippen LogP contribution is 2.26. The monoisotopic (exact) mass is 340 g/mol. The van der Waals surface area contributed by atoms with E-state index in [-0.39, 0.29) is 11.3 Å². The van der Waals surface area contributed by atoms with E-state index >= 15 is 0 Å². The molecular formula is C21H28N2O2. The number of hydrogen-bond acceptors (Lipinski definition) is 3. The minimum Gasteiger partial charge on any atom is -0.398 e. The second-order valence-corrected chi connectivity index (χ2v) is 7.99. The predicted molar refractivity (Wildman–Crippen MR) is 102 cm³/mol. The van der Waals surface area contributed by atoms with Gasteiger partial charge in [0.25, 0.3) is 5.91 Å². The van der Waals surface area contributed by atoms with Gasteiger partial charge in [-0.1, -0.05) is 45.0 Å². The van der Waals surface area contributed by atoms with Crippen molar-refractivity contribution in [3.63, 3.8) is 0 Å². The van der Waals surface area contributed by atoms with Gasteiger partial charge in [-0.3, -0.25) is 4.79 Å². The summed E-state index contributed by atoms with van der Waals surface area (Å²) in [5.41, 5.74) is 8.72. The summed E-state index contributed by atoms with van der Waals surface area (Å²) >= 11 is 0. The summed E-state index contributed by atoms with van der Waals surface area (Å²) in [5, 5.41) is 13.1. The number of rotatable bonds is 4.